The van der Waals surface area contributed by atoms with E-state index in [1.54, 1.807) is 6.07 Å². The molecule has 0 amide bonds. The van der Waals surface area contributed by atoms with E-state index in [1.807, 2.05) is 0 Å². The van der Waals surface area contributed by atoms with Crippen molar-refractivity contribution in [3.8, 4) is 0 Å². The Balaban J connectivity index is 2.26. The number of hydrogen-bond donors (Lipinski definition) is 1. The van der Waals surface area contributed by atoms with E-state index in [0.717, 1.165) is 0 Å². The number of nitrogen functional groups attached to an aromatic ring is 1. The van der Waals surface area contributed by atoms with Crippen molar-refractivity contribution in [2.45, 2.75) is 6.54 Å². The van der Waals surface area contributed by atoms with Gasteiger partial charge < -0.3 is 10.5 Å². The van der Waals surface area contributed by atoms with Crippen LogP contribution in [0.15, 0.2) is 28.9 Å². The topological polar surface area (TPSA) is 70.1 Å². The van der Waals surface area contributed by atoms with E-state index in [1.165, 1.54) is 30.1 Å². The molecule has 0 fully saturated rings. The highest BCUT2D eigenvalue weighted by Crippen LogP contribution is 2.17. The largest absolute Gasteiger partial charge is 0.464 e. The van der Waals surface area contributed by atoms with Crippen LogP contribution in [0, 0.1) is 5.82 Å². The normalized spacial score (nSPS) is 10.5. The molecule has 0 saturated heterocycles. The first-order chi connectivity index (χ1) is 8.99. The minimum absolute atomic E-state index is 0.0537. The first kappa shape index (κ1) is 13.5. The van der Waals surface area contributed by atoms with Crippen LogP contribution in [0.3, 0.4) is 0 Å². The Morgan fingerprint density at radius 1 is 1.53 bits per heavy atom. The van der Waals surface area contributed by atoms with E-state index in [-0.39, 0.29) is 17.2 Å². The monoisotopic (exact) mass is 327 g/mol. The first-order valence-electron chi connectivity index (χ1n) is 5.36. The predicted molar refractivity (Wildman–Crippen MR) is 71.2 cm³/mol. The van der Waals surface area contributed by atoms with Crippen molar-refractivity contribution in [1.29, 1.82) is 0 Å². The zero-order valence-corrected chi connectivity index (χ0v) is 11.6. The molecule has 0 aliphatic carbocycles. The minimum Gasteiger partial charge on any atom is -0.464 e. The summed E-state index contributed by atoms with van der Waals surface area (Å²) < 4.78 is 19.9. The maximum atomic E-state index is 13.2. The van der Waals surface area contributed by atoms with Crippen molar-refractivity contribution in [3.63, 3.8) is 0 Å². The quantitative estimate of drug-likeness (QED) is 0.877. The number of nitrogens with two attached hydrogens (primary N) is 1. The van der Waals surface area contributed by atoms with Gasteiger partial charge in [0.05, 0.1) is 19.3 Å². The van der Waals surface area contributed by atoms with Crippen LogP contribution in [0.5, 0.6) is 0 Å². The summed E-state index contributed by atoms with van der Waals surface area (Å²) in [4.78, 5) is 11.4. The number of carbonyl (C=O) groups is 1. The van der Waals surface area contributed by atoms with Crippen molar-refractivity contribution in [2.24, 2.45) is 0 Å². The molecule has 1 aromatic carbocycles. The van der Waals surface area contributed by atoms with Gasteiger partial charge in [-0.25, -0.2) is 9.18 Å². The molecule has 1 heterocycles. The molecule has 0 atom stereocenters. The van der Waals surface area contributed by atoms with Gasteiger partial charge in [0.2, 0.25) is 0 Å². The van der Waals surface area contributed by atoms with Crippen LogP contribution in [0.2, 0.25) is 0 Å². The second kappa shape index (κ2) is 5.40. The van der Waals surface area contributed by atoms with Crippen molar-refractivity contribution >= 4 is 27.6 Å². The van der Waals surface area contributed by atoms with Gasteiger partial charge in [0, 0.05) is 10.7 Å². The lowest BCUT2D eigenvalue weighted by Gasteiger charge is -2.03. The summed E-state index contributed by atoms with van der Waals surface area (Å²) >= 11 is 3.21. The summed E-state index contributed by atoms with van der Waals surface area (Å²) in [6.07, 6.45) is 1.51. The maximum Gasteiger partial charge on any atom is 0.360 e. The lowest BCUT2D eigenvalue weighted by atomic mass is 10.2. The number of carbonyl (C=O) groups excluding carboxylic acids is 1. The fourth-order valence-corrected chi connectivity index (χ4v) is 2.18. The van der Waals surface area contributed by atoms with Gasteiger partial charge in [0.1, 0.15) is 5.82 Å². The number of hydrogen-bond acceptors (Lipinski definition) is 4. The molecular formula is C12H11BrFN3O2. The van der Waals surface area contributed by atoms with Gasteiger partial charge in [0.25, 0.3) is 0 Å². The van der Waals surface area contributed by atoms with Crippen molar-refractivity contribution in [1.82, 2.24) is 9.78 Å². The van der Waals surface area contributed by atoms with Gasteiger partial charge in [-0.2, -0.15) is 5.10 Å². The number of aromatic nitrogens is 2. The summed E-state index contributed by atoms with van der Waals surface area (Å²) in [5.74, 6) is -0.950. The molecule has 19 heavy (non-hydrogen) atoms. The highest BCUT2D eigenvalue weighted by Gasteiger charge is 2.15. The number of nitrogens with zero attached hydrogens (tertiary/aromatic N) is 2. The zero-order chi connectivity index (χ0) is 14.0. The molecule has 0 bridgehead atoms. The number of ether oxygens (including phenoxy) is 1. The van der Waals surface area contributed by atoms with E-state index >= 15 is 0 Å². The molecule has 7 heteroatoms. The van der Waals surface area contributed by atoms with Crippen LogP contribution >= 0.6 is 15.9 Å². The van der Waals surface area contributed by atoms with Gasteiger partial charge in [-0.3, -0.25) is 4.68 Å². The highest BCUT2D eigenvalue weighted by molar-refractivity contribution is 9.10. The van der Waals surface area contributed by atoms with Crippen molar-refractivity contribution in [3.05, 3.63) is 45.9 Å². The Kier molecular flexibility index (Phi) is 3.84. The lowest BCUT2D eigenvalue weighted by Crippen LogP contribution is -2.07. The smallest absolute Gasteiger partial charge is 0.360 e. The molecule has 0 saturated carbocycles. The van der Waals surface area contributed by atoms with E-state index in [9.17, 15) is 9.18 Å². The summed E-state index contributed by atoms with van der Waals surface area (Å²) in [7, 11) is 1.25. The van der Waals surface area contributed by atoms with Gasteiger partial charge in [0.15, 0.2) is 5.69 Å². The minimum atomic E-state index is -0.600. The lowest BCUT2D eigenvalue weighted by molar-refractivity contribution is 0.0594. The van der Waals surface area contributed by atoms with Crippen molar-refractivity contribution in [2.75, 3.05) is 12.8 Å². The van der Waals surface area contributed by atoms with Crippen LogP contribution in [0.4, 0.5) is 10.1 Å². The summed E-state index contributed by atoms with van der Waals surface area (Å²) in [5, 5.41) is 4.01. The predicted octanol–water partition coefficient (Wildman–Crippen LogP) is 2.20. The Morgan fingerprint density at radius 3 is 2.89 bits per heavy atom. The summed E-state index contributed by atoms with van der Waals surface area (Å²) in [6.45, 7) is 0.303. The standard InChI is InChI=1S/C12H11BrFN3O2/c1-19-12(18)11-10(15)6-17(16-11)5-7-2-8(13)4-9(14)3-7/h2-4,6H,5,15H2,1H3. The SMILES string of the molecule is COC(=O)c1nn(Cc2cc(F)cc(Br)c2)cc1N. The summed E-state index contributed by atoms with van der Waals surface area (Å²) in [5.41, 5.74) is 6.64. The first-order valence-corrected chi connectivity index (χ1v) is 6.15. The number of rotatable bonds is 3. The third kappa shape index (κ3) is 3.11. The van der Waals surface area contributed by atoms with Crippen LogP contribution in [0.25, 0.3) is 0 Å². The second-order valence-corrected chi connectivity index (χ2v) is 4.82. The molecule has 0 aliphatic heterocycles. The average molecular weight is 328 g/mol. The molecule has 2 N–H and O–H groups in total. The summed E-state index contributed by atoms with van der Waals surface area (Å²) in [6, 6.07) is 4.51. The Labute approximate surface area is 117 Å². The number of esters is 1. The highest BCUT2D eigenvalue weighted by atomic mass is 79.9. The van der Waals surface area contributed by atoms with Crippen LogP contribution in [-0.4, -0.2) is 22.9 Å². The molecule has 0 radical (unpaired) electrons. The number of anilines is 1. The molecule has 5 nitrogen and oxygen atoms in total. The second-order valence-electron chi connectivity index (χ2n) is 3.90. The van der Waals surface area contributed by atoms with E-state index in [0.29, 0.717) is 16.6 Å². The van der Waals surface area contributed by atoms with Crippen LogP contribution < -0.4 is 5.73 Å². The third-order valence-electron chi connectivity index (χ3n) is 2.44. The number of benzene rings is 1. The molecule has 2 aromatic rings. The fourth-order valence-electron chi connectivity index (χ4n) is 1.66. The maximum absolute atomic E-state index is 13.2. The molecule has 1 aromatic heterocycles. The van der Waals surface area contributed by atoms with Gasteiger partial charge >= 0.3 is 5.97 Å². The number of halogens is 2. The van der Waals surface area contributed by atoms with Crippen LogP contribution in [-0.2, 0) is 11.3 Å². The molecule has 0 unspecified atom stereocenters. The molecule has 100 valence electrons. The average Bonchev–Trinajstić information content (AvgIpc) is 2.68. The zero-order valence-electron chi connectivity index (χ0n) is 10.1. The van der Waals surface area contributed by atoms with Crippen LogP contribution in [0.1, 0.15) is 16.1 Å². The Bertz CT molecular complexity index is 607. The molecular weight excluding hydrogens is 317 g/mol. The van der Waals surface area contributed by atoms with Gasteiger partial charge in [-0.05, 0) is 23.8 Å². The Hall–Kier alpha value is -1.89. The third-order valence-corrected chi connectivity index (χ3v) is 2.89. The van der Waals surface area contributed by atoms with Gasteiger partial charge in [-0.1, -0.05) is 15.9 Å². The van der Waals surface area contributed by atoms with E-state index < -0.39 is 5.97 Å². The Morgan fingerprint density at radius 2 is 2.26 bits per heavy atom. The van der Waals surface area contributed by atoms with Crippen molar-refractivity contribution < 1.29 is 13.9 Å². The van der Waals surface area contributed by atoms with E-state index in [2.05, 4.69) is 25.8 Å². The number of methoxy groups -OCH3 is 1. The van der Waals surface area contributed by atoms with E-state index in [4.69, 9.17) is 5.73 Å². The molecule has 2 rings (SSSR count). The fraction of sp³-hybridized carbons (Fsp3) is 0.167. The molecule has 0 spiro atoms. The van der Waals surface area contributed by atoms with Gasteiger partial charge in [-0.15, -0.1) is 0 Å². The molecule has 0 aliphatic rings.